The van der Waals surface area contributed by atoms with Gasteiger partial charge in [0.1, 0.15) is 12.4 Å². The highest BCUT2D eigenvalue weighted by molar-refractivity contribution is 5.94. The van der Waals surface area contributed by atoms with Gasteiger partial charge in [-0.2, -0.15) is 15.0 Å². The molecule has 1 saturated heterocycles. The molecule has 1 fully saturated rings. The summed E-state index contributed by atoms with van der Waals surface area (Å²) >= 11 is 0. The van der Waals surface area contributed by atoms with Crippen molar-refractivity contribution in [2.45, 2.75) is 19.1 Å². The topological polar surface area (TPSA) is 60.2 Å². The molecule has 0 radical (unpaired) electrons. The van der Waals surface area contributed by atoms with Gasteiger partial charge in [0.25, 0.3) is 5.91 Å². The van der Waals surface area contributed by atoms with Gasteiger partial charge in [-0.05, 0) is 30.2 Å². The molecule has 0 aliphatic carbocycles. The maximum Gasteiger partial charge on any atom is 0.254 e. The lowest BCUT2D eigenvalue weighted by Gasteiger charge is -2.17. The smallest absolute Gasteiger partial charge is 0.254 e. The van der Waals surface area contributed by atoms with Gasteiger partial charge in [0.05, 0.1) is 18.4 Å². The van der Waals surface area contributed by atoms with E-state index in [-0.39, 0.29) is 11.9 Å². The van der Waals surface area contributed by atoms with Gasteiger partial charge in [0.15, 0.2) is 0 Å². The summed E-state index contributed by atoms with van der Waals surface area (Å²) in [6.07, 6.45) is 4.20. The van der Waals surface area contributed by atoms with Crippen LogP contribution >= 0.6 is 0 Å². The molecule has 1 aromatic heterocycles. The average molecular weight is 348 g/mol. The molecule has 0 bridgehead atoms. The van der Waals surface area contributed by atoms with Crippen molar-refractivity contribution < 1.29 is 9.53 Å². The molecule has 0 saturated carbocycles. The predicted molar refractivity (Wildman–Crippen MR) is 96.8 cm³/mol. The van der Waals surface area contributed by atoms with E-state index in [4.69, 9.17) is 4.74 Å². The molecule has 2 heterocycles. The Bertz CT molecular complexity index is 865. The van der Waals surface area contributed by atoms with Crippen LogP contribution in [0.25, 0.3) is 0 Å². The first-order valence-corrected chi connectivity index (χ1v) is 8.71. The first kappa shape index (κ1) is 16.3. The van der Waals surface area contributed by atoms with Gasteiger partial charge in [-0.25, -0.2) is 0 Å². The molecule has 1 atom stereocenters. The Morgan fingerprint density at radius 1 is 1.08 bits per heavy atom. The van der Waals surface area contributed by atoms with Crippen molar-refractivity contribution in [3.05, 3.63) is 78.1 Å². The highest BCUT2D eigenvalue weighted by Crippen LogP contribution is 2.23. The van der Waals surface area contributed by atoms with Crippen LogP contribution < -0.4 is 4.74 Å². The van der Waals surface area contributed by atoms with Crippen molar-refractivity contribution >= 4 is 5.91 Å². The first-order chi connectivity index (χ1) is 12.8. The lowest BCUT2D eigenvalue weighted by molar-refractivity contribution is 0.0785. The highest BCUT2D eigenvalue weighted by atomic mass is 16.5. The molecule has 0 spiro atoms. The zero-order chi connectivity index (χ0) is 17.8. The van der Waals surface area contributed by atoms with Crippen molar-refractivity contribution in [3.63, 3.8) is 0 Å². The van der Waals surface area contributed by atoms with Gasteiger partial charge >= 0.3 is 0 Å². The molecule has 3 aromatic rings. The third-order valence-electron chi connectivity index (χ3n) is 4.54. The summed E-state index contributed by atoms with van der Waals surface area (Å²) < 4.78 is 5.83. The van der Waals surface area contributed by atoms with Gasteiger partial charge in [0.2, 0.25) is 0 Å². The van der Waals surface area contributed by atoms with Crippen molar-refractivity contribution in [1.82, 2.24) is 19.9 Å². The minimum Gasteiger partial charge on any atom is -0.489 e. The fraction of sp³-hybridized carbons (Fsp3) is 0.250. The van der Waals surface area contributed by atoms with E-state index < -0.39 is 0 Å². The highest BCUT2D eigenvalue weighted by Gasteiger charge is 2.29. The molecule has 2 aromatic carbocycles. The summed E-state index contributed by atoms with van der Waals surface area (Å²) in [6, 6.07) is 17.5. The van der Waals surface area contributed by atoms with Crippen LogP contribution in [-0.4, -0.2) is 38.9 Å². The Balaban J connectivity index is 1.40. The summed E-state index contributed by atoms with van der Waals surface area (Å²) in [5.41, 5.74) is 1.74. The lowest BCUT2D eigenvalue weighted by atomic mass is 10.2. The number of hydrogen-bond donors (Lipinski definition) is 0. The van der Waals surface area contributed by atoms with E-state index in [1.807, 2.05) is 59.5 Å². The summed E-state index contributed by atoms with van der Waals surface area (Å²) in [5.74, 6) is 0.717. The number of nitrogens with zero attached hydrogens (tertiary/aromatic N) is 4. The van der Waals surface area contributed by atoms with E-state index in [1.165, 1.54) is 0 Å². The molecular weight excluding hydrogens is 328 g/mol. The van der Waals surface area contributed by atoms with Crippen LogP contribution in [0.3, 0.4) is 0 Å². The van der Waals surface area contributed by atoms with Crippen LogP contribution in [0.15, 0.2) is 67.0 Å². The summed E-state index contributed by atoms with van der Waals surface area (Å²) in [7, 11) is 0. The number of carbonyl (C=O) groups excluding carboxylic acids is 1. The molecule has 26 heavy (non-hydrogen) atoms. The molecule has 1 aliphatic rings. The van der Waals surface area contributed by atoms with Gasteiger partial charge in [-0.3, -0.25) is 4.79 Å². The molecule has 6 nitrogen and oxygen atoms in total. The van der Waals surface area contributed by atoms with Gasteiger partial charge in [-0.1, -0.05) is 36.4 Å². The van der Waals surface area contributed by atoms with Crippen molar-refractivity contribution in [2.24, 2.45) is 0 Å². The molecule has 6 heteroatoms. The fourth-order valence-electron chi connectivity index (χ4n) is 3.17. The molecule has 0 N–H and O–H groups in total. The molecule has 4 rings (SSSR count). The van der Waals surface area contributed by atoms with E-state index in [0.29, 0.717) is 31.0 Å². The van der Waals surface area contributed by atoms with Gasteiger partial charge in [-0.15, -0.1) is 0 Å². The number of likely N-dealkylation sites (tertiary alicyclic amines) is 1. The van der Waals surface area contributed by atoms with Crippen LogP contribution in [0, 0.1) is 0 Å². The predicted octanol–water partition coefficient (Wildman–Crippen LogP) is 2.94. The fourth-order valence-corrected chi connectivity index (χ4v) is 3.17. The number of carbonyl (C=O) groups is 1. The Hall–Kier alpha value is -3.15. The van der Waals surface area contributed by atoms with E-state index >= 15 is 0 Å². The van der Waals surface area contributed by atoms with Crippen LogP contribution in [0.1, 0.15) is 28.4 Å². The molecule has 1 amide bonds. The van der Waals surface area contributed by atoms with E-state index in [9.17, 15) is 4.79 Å². The summed E-state index contributed by atoms with van der Waals surface area (Å²) in [6.45, 7) is 1.82. The first-order valence-electron chi connectivity index (χ1n) is 8.71. The Morgan fingerprint density at radius 3 is 2.69 bits per heavy atom. The van der Waals surface area contributed by atoms with Gasteiger partial charge in [0, 0.05) is 18.7 Å². The second-order valence-electron chi connectivity index (χ2n) is 6.35. The lowest BCUT2D eigenvalue weighted by Crippen LogP contribution is -2.29. The van der Waals surface area contributed by atoms with E-state index in [2.05, 4.69) is 10.2 Å². The quantitative estimate of drug-likeness (QED) is 0.711. The second kappa shape index (κ2) is 7.39. The number of rotatable bonds is 5. The number of hydrogen-bond acceptors (Lipinski definition) is 4. The standard InChI is InChI=1S/C20H20N4O2/c25-20(23-12-9-18(14-23)24-21-10-11-22-24)17-7-4-8-19(13-17)26-15-16-5-2-1-3-6-16/h1-8,10-11,13,18H,9,12,14-15H2/t18-/m1/s1. The maximum atomic E-state index is 12.8. The summed E-state index contributed by atoms with van der Waals surface area (Å²) in [5, 5.41) is 8.36. The minimum absolute atomic E-state index is 0.0183. The average Bonchev–Trinajstić information content (AvgIpc) is 3.38. The van der Waals surface area contributed by atoms with Crippen LogP contribution in [0.2, 0.25) is 0 Å². The molecule has 0 unspecified atom stereocenters. The number of ether oxygens (including phenoxy) is 1. The zero-order valence-corrected chi connectivity index (χ0v) is 14.4. The number of amides is 1. The zero-order valence-electron chi connectivity index (χ0n) is 14.4. The van der Waals surface area contributed by atoms with Crippen molar-refractivity contribution in [3.8, 4) is 5.75 Å². The molecular formula is C20H20N4O2. The molecule has 132 valence electrons. The van der Waals surface area contributed by atoms with Crippen LogP contribution in [0.5, 0.6) is 5.75 Å². The number of aromatic nitrogens is 3. The Kier molecular flexibility index (Phi) is 4.64. The SMILES string of the molecule is O=C(c1cccc(OCc2ccccc2)c1)N1CC[C@@H](n2nccn2)C1. The van der Waals surface area contributed by atoms with Crippen LogP contribution in [0.4, 0.5) is 0 Å². The van der Waals surface area contributed by atoms with Gasteiger partial charge < -0.3 is 9.64 Å². The third kappa shape index (κ3) is 3.59. The summed E-state index contributed by atoms with van der Waals surface area (Å²) in [4.78, 5) is 16.3. The monoisotopic (exact) mass is 348 g/mol. The Morgan fingerprint density at radius 2 is 1.88 bits per heavy atom. The minimum atomic E-state index is 0.0183. The maximum absolute atomic E-state index is 12.8. The second-order valence-corrected chi connectivity index (χ2v) is 6.35. The van der Waals surface area contributed by atoms with Crippen LogP contribution in [-0.2, 0) is 6.61 Å². The van der Waals surface area contributed by atoms with Crippen molar-refractivity contribution in [2.75, 3.05) is 13.1 Å². The third-order valence-corrected chi connectivity index (χ3v) is 4.54. The van der Waals surface area contributed by atoms with E-state index in [0.717, 1.165) is 12.0 Å². The number of benzene rings is 2. The normalized spacial score (nSPS) is 16.6. The van der Waals surface area contributed by atoms with E-state index in [1.54, 1.807) is 17.2 Å². The molecule has 1 aliphatic heterocycles. The largest absolute Gasteiger partial charge is 0.489 e. The van der Waals surface area contributed by atoms with Crippen molar-refractivity contribution in [1.29, 1.82) is 0 Å². The Labute approximate surface area is 152 Å².